The summed E-state index contributed by atoms with van der Waals surface area (Å²) in [7, 11) is 0. The predicted octanol–water partition coefficient (Wildman–Crippen LogP) is 2.83. The number of pyridine rings is 1. The van der Waals surface area contributed by atoms with Crippen molar-refractivity contribution in [3.05, 3.63) is 22.7 Å². The quantitative estimate of drug-likeness (QED) is 0.766. The number of nitrogens with zero attached hydrogens (tertiary/aromatic N) is 2. The summed E-state index contributed by atoms with van der Waals surface area (Å²) < 4.78 is 102. The Morgan fingerprint density at radius 1 is 1.46 bits per heavy atom. The maximum Gasteiger partial charge on any atom is 0.129 e. The lowest BCUT2D eigenvalue weighted by atomic mass is 10.1. The molecule has 2 rings (SSSR count). The third-order valence-corrected chi connectivity index (χ3v) is 1.62. The van der Waals surface area contributed by atoms with Gasteiger partial charge in [0.2, 0.25) is 0 Å². The molecule has 1 aliphatic heterocycles. The van der Waals surface area contributed by atoms with Gasteiger partial charge in [-0.05, 0) is 31.2 Å². The third kappa shape index (κ3) is 2.21. The molecule has 1 aromatic heterocycles. The Morgan fingerprint density at radius 2 is 2.23 bits per heavy atom. The van der Waals surface area contributed by atoms with Crippen LogP contribution in [0.3, 0.4) is 0 Å². The summed E-state index contributed by atoms with van der Waals surface area (Å²) in [6.07, 6.45) is -11.5. The van der Waals surface area contributed by atoms with Gasteiger partial charge in [-0.2, -0.15) is 0 Å². The number of hydrogen-bond acceptors (Lipinski definition) is 2. The van der Waals surface area contributed by atoms with E-state index >= 15 is 0 Å². The summed E-state index contributed by atoms with van der Waals surface area (Å²) in [4.78, 5) is 3.39. The Labute approximate surface area is 105 Å². The zero-order valence-corrected chi connectivity index (χ0v) is 7.86. The standard InChI is InChI=1S/C10H13BrN2/c11-9-4-5-12-10(8-9)13-6-2-1-3-7-13/h4-5,8H,1-3,6-7H2/i1D2,2D2,3D2,4D,5D,6D2,7D2,8D. The molecule has 13 heavy (non-hydrogen) atoms. The van der Waals surface area contributed by atoms with E-state index in [-0.39, 0.29) is 9.37 Å². The summed E-state index contributed by atoms with van der Waals surface area (Å²) >= 11 is 2.83. The number of piperidine rings is 1. The van der Waals surface area contributed by atoms with Gasteiger partial charge < -0.3 is 4.90 Å². The predicted molar refractivity (Wildman–Crippen MR) is 58.0 cm³/mol. The van der Waals surface area contributed by atoms with Gasteiger partial charge in [0.15, 0.2) is 0 Å². The first-order chi connectivity index (χ1) is 11.4. The maximum absolute atomic E-state index is 8.03. The lowest BCUT2D eigenvalue weighted by Gasteiger charge is -2.27. The van der Waals surface area contributed by atoms with Crippen molar-refractivity contribution in [2.24, 2.45) is 0 Å². The van der Waals surface area contributed by atoms with Gasteiger partial charge in [-0.25, -0.2) is 4.98 Å². The van der Waals surface area contributed by atoms with E-state index in [1.807, 2.05) is 0 Å². The normalized spacial score (nSPS) is 51.5. The van der Waals surface area contributed by atoms with E-state index in [0.29, 0.717) is 0 Å². The number of halogens is 1. The number of aromatic nitrogens is 1. The SMILES string of the molecule is [2H]c1nc(N2C([2H])([2H])C([2H])([2H])C([2H])([2H])C([2H])([2H])C2([2H])[2H])c([2H])c(Br)c1[2H]. The molecule has 1 aromatic rings. The maximum atomic E-state index is 8.03. The van der Waals surface area contributed by atoms with Gasteiger partial charge in [-0.15, -0.1) is 0 Å². The molecule has 0 aliphatic carbocycles. The molecule has 0 unspecified atom stereocenters. The van der Waals surface area contributed by atoms with E-state index in [1.54, 1.807) is 0 Å². The third-order valence-electron chi connectivity index (χ3n) is 1.22. The first-order valence-corrected chi connectivity index (χ1v) is 4.10. The Morgan fingerprint density at radius 3 is 3.00 bits per heavy atom. The highest BCUT2D eigenvalue weighted by Gasteiger charge is 2.11. The molecule has 0 radical (unpaired) electrons. The van der Waals surface area contributed by atoms with Crippen LogP contribution in [0, 0.1) is 0 Å². The average molecular weight is 254 g/mol. The molecular weight excluding hydrogens is 228 g/mol. The number of hydrogen-bond donors (Lipinski definition) is 0. The summed E-state index contributed by atoms with van der Waals surface area (Å²) in [5.41, 5.74) is 0. The van der Waals surface area contributed by atoms with Gasteiger partial charge in [0.1, 0.15) is 5.82 Å². The second-order valence-electron chi connectivity index (χ2n) is 2.05. The van der Waals surface area contributed by atoms with E-state index in [9.17, 15) is 0 Å². The van der Waals surface area contributed by atoms with Crippen molar-refractivity contribution < 1.29 is 17.8 Å². The molecule has 0 N–H and O–H groups in total. The van der Waals surface area contributed by atoms with Gasteiger partial charge in [0.25, 0.3) is 0 Å². The van der Waals surface area contributed by atoms with Gasteiger partial charge in [-0.1, -0.05) is 15.9 Å². The molecule has 0 bridgehead atoms. The van der Waals surface area contributed by atoms with Gasteiger partial charge >= 0.3 is 0 Å². The van der Waals surface area contributed by atoms with E-state index in [0.717, 1.165) is 0 Å². The molecule has 1 saturated heterocycles. The minimum atomic E-state index is -3.58. The van der Waals surface area contributed by atoms with Gasteiger partial charge in [0.05, 0.1) is 4.11 Å². The second kappa shape index (κ2) is 4.09. The van der Waals surface area contributed by atoms with E-state index < -0.39 is 56.2 Å². The lowest BCUT2D eigenvalue weighted by molar-refractivity contribution is 0.573. The van der Waals surface area contributed by atoms with Crippen molar-refractivity contribution in [3.63, 3.8) is 0 Å². The van der Waals surface area contributed by atoms with Crippen LogP contribution in [0.15, 0.2) is 22.7 Å². The zero-order chi connectivity index (χ0) is 20.7. The lowest BCUT2D eigenvalue weighted by Crippen LogP contribution is -2.29. The molecule has 0 saturated carbocycles. The van der Waals surface area contributed by atoms with Crippen molar-refractivity contribution in [1.82, 2.24) is 4.98 Å². The largest absolute Gasteiger partial charge is 0.357 e. The first-order valence-electron chi connectivity index (χ1n) is 9.81. The van der Waals surface area contributed by atoms with Gasteiger partial charge in [-0.3, -0.25) is 0 Å². The highest BCUT2D eigenvalue weighted by Crippen LogP contribution is 2.20. The van der Waals surface area contributed by atoms with Gasteiger partial charge in [0, 0.05) is 37.3 Å². The Balaban J connectivity index is 2.92. The Bertz CT molecular complexity index is 732. The summed E-state index contributed by atoms with van der Waals surface area (Å²) in [6, 6.07) is -1.30. The molecule has 70 valence electrons. The van der Waals surface area contributed by atoms with Crippen molar-refractivity contribution in [3.8, 4) is 0 Å². The fourth-order valence-electron chi connectivity index (χ4n) is 0.726. The summed E-state index contributed by atoms with van der Waals surface area (Å²) in [6.45, 7) is -6.96. The van der Waals surface area contributed by atoms with E-state index in [2.05, 4.69) is 20.9 Å². The van der Waals surface area contributed by atoms with Crippen molar-refractivity contribution in [2.45, 2.75) is 19.1 Å². The van der Waals surface area contributed by atoms with Crippen LogP contribution < -0.4 is 4.90 Å². The molecule has 1 aliphatic rings. The highest BCUT2D eigenvalue weighted by atomic mass is 79.9. The van der Waals surface area contributed by atoms with Crippen LogP contribution in [-0.4, -0.2) is 18.0 Å². The number of anilines is 1. The Kier molecular flexibility index (Phi) is 0.732. The van der Waals surface area contributed by atoms with Crippen LogP contribution in [0.5, 0.6) is 0 Å². The molecule has 0 spiro atoms. The summed E-state index contributed by atoms with van der Waals surface area (Å²) in [5.74, 6) is -0.920. The second-order valence-corrected chi connectivity index (χ2v) is 2.84. The van der Waals surface area contributed by atoms with E-state index in [4.69, 9.17) is 17.8 Å². The fraction of sp³-hybridized carbons (Fsp3) is 0.500. The van der Waals surface area contributed by atoms with Crippen LogP contribution in [0.4, 0.5) is 5.82 Å². The average Bonchev–Trinajstić information content (AvgIpc) is 2.48. The van der Waals surface area contributed by atoms with Crippen molar-refractivity contribution in [2.75, 3.05) is 17.9 Å². The smallest absolute Gasteiger partial charge is 0.129 e. The Hall–Kier alpha value is -0.570. The van der Waals surface area contributed by atoms with Crippen LogP contribution in [0.25, 0.3) is 0 Å². The number of rotatable bonds is 1. The summed E-state index contributed by atoms with van der Waals surface area (Å²) in [5, 5.41) is 0. The molecule has 0 atom stereocenters. The first kappa shape index (κ1) is 2.32. The van der Waals surface area contributed by atoms with Crippen LogP contribution in [0.1, 0.15) is 36.9 Å². The minimum absolute atomic E-state index is 0.0914. The topological polar surface area (TPSA) is 16.1 Å². The molecule has 2 nitrogen and oxygen atoms in total. The van der Waals surface area contributed by atoms with E-state index in [1.165, 1.54) is 0 Å². The van der Waals surface area contributed by atoms with Crippen LogP contribution in [-0.2, 0) is 0 Å². The fourth-order valence-corrected chi connectivity index (χ4v) is 0.992. The minimum Gasteiger partial charge on any atom is -0.357 e. The highest BCUT2D eigenvalue weighted by molar-refractivity contribution is 9.10. The molecule has 0 aromatic carbocycles. The molecular formula is C10H13BrN2. The molecule has 0 amide bonds. The van der Waals surface area contributed by atoms with Crippen LogP contribution >= 0.6 is 15.9 Å². The molecule has 2 heterocycles. The van der Waals surface area contributed by atoms with Crippen molar-refractivity contribution >= 4 is 21.7 Å². The molecule has 1 fully saturated rings. The molecule has 3 heteroatoms. The van der Waals surface area contributed by atoms with Crippen LogP contribution in [0.2, 0.25) is 0 Å². The monoisotopic (exact) mass is 253 g/mol. The van der Waals surface area contributed by atoms with Crippen molar-refractivity contribution in [1.29, 1.82) is 0 Å². The zero-order valence-electron chi connectivity index (χ0n) is 19.3.